The van der Waals surface area contributed by atoms with Crippen LogP contribution in [0, 0.1) is 11.3 Å². The standard InChI is InChI=1S/C20H22N2O2/c1-3-22(18-8-6-5-7-9-18)20(23)14-17(15-21)16-10-12-19(13-11-16)24-4-2/h5-13,17H,3-4,14H2,1-2H3. The Hall–Kier alpha value is -2.80. The van der Waals surface area contributed by atoms with E-state index >= 15 is 0 Å². The average molecular weight is 322 g/mol. The molecule has 0 saturated carbocycles. The Kier molecular flexibility index (Phi) is 6.39. The molecule has 0 radical (unpaired) electrons. The third-order valence-electron chi connectivity index (χ3n) is 3.81. The Balaban J connectivity index is 2.11. The maximum Gasteiger partial charge on any atom is 0.228 e. The summed E-state index contributed by atoms with van der Waals surface area (Å²) in [5.74, 6) is 0.249. The van der Waals surface area contributed by atoms with E-state index in [1.807, 2.05) is 68.4 Å². The van der Waals surface area contributed by atoms with Crippen molar-refractivity contribution in [1.29, 1.82) is 5.26 Å². The molecular weight excluding hydrogens is 300 g/mol. The normalized spacial score (nSPS) is 11.4. The predicted molar refractivity (Wildman–Crippen MR) is 95.1 cm³/mol. The van der Waals surface area contributed by atoms with E-state index in [4.69, 9.17) is 4.74 Å². The number of nitriles is 1. The molecular formula is C20H22N2O2. The second-order valence-electron chi connectivity index (χ2n) is 5.36. The van der Waals surface area contributed by atoms with Crippen LogP contribution in [0.3, 0.4) is 0 Å². The molecule has 1 amide bonds. The number of carbonyl (C=O) groups excluding carboxylic acids is 1. The van der Waals surface area contributed by atoms with Crippen molar-refractivity contribution in [3.05, 3.63) is 60.2 Å². The summed E-state index contributed by atoms with van der Waals surface area (Å²) < 4.78 is 5.41. The molecule has 0 N–H and O–H groups in total. The number of carbonyl (C=O) groups is 1. The number of nitrogens with zero attached hydrogens (tertiary/aromatic N) is 2. The summed E-state index contributed by atoms with van der Waals surface area (Å²) in [5.41, 5.74) is 1.69. The lowest BCUT2D eigenvalue weighted by atomic mass is 9.96. The molecule has 2 aromatic carbocycles. The number of ether oxygens (including phenoxy) is 1. The van der Waals surface area contributed by atoms with Crippen molar-refractivity contribution >= 4 is 11.6 Å². The van der Waals surface area contributed by atoms with E-state index in [0.29, 0.717) is 13.2 Å². The Morgan fingerprint density at radius 2 is 1.79 bits per heavy atom. The predicted octanol–water partition coefficient (Wildman–Crippen LogP) is 4.14. The smallest absolute Gasteiger partial charge is 0.228 e. The van der Waals surface area contributed by atoms with Crippen molar-refractivity contribution in [1.82, 2.24) is 0 Å². The van der Waals surface area contributed by atoms with Crippen LogP contribution in [0.5, 0.6) is 5.75 Å². The molecule has 0 heterocycles. The van der Waals surface area contributed by atoms with Crippen molar-refractivity contribution in [2.24, 2.45) is 0 Å². The third kappa shape index (κ3) is 4.36. The molecule has 2 rings (SSSR count). The number of para-hydroxylation sites is 1. The number of rotatable bonds is 7. The Morgan fingerprint density at radius 1 is 1.12 bits per heavy atom. The Labute approximate surface area is 143 Å². The van der Waals surface area contributed by atoms with Gasteiger partial charge in [-0.2, -0.15) is 5.26 Å². The maximum atomic E-state index is 12.6. The average Bonchev–Trinajstić information content (AvgIpc) is 2.62. The fourth-order valence-electron chi connectivity index (χ4n) is 2.60. The zero-order chi connectivity index (χ0) is 17.4. The van der Waals surface area contributed by atoms with Crippen molar-refractivity contribution in [3.8, 4) is 11.8 Å². The van der Waals surface area contributed by atoms with E-state index in [-0.39, 0.29) is 12.3 Å². The lowest BCUT2D eigenvalue weighted by Crippen LogP contribution is -2.31. The van der Waals surface area contributed by atoms with Crippen molar-refractivity contribution < 1.29 is 9.53 Å². The summed E-state index contributed by atoms with van der Waals surface area (Å²) in [7, 11) is 0. The van der Waals surface area contributed by atoms with E-state index in [0.717, 1.165) is 17.0 Å². The van der Waals surface area contributed by atoms with Gasteiger partial charge < -0.3 is 9.64 Å². The van der Waals surface area contributed by atoms with Crippen LogP contribution in [-0.2, 0) is 4.79 Å². The molecule has 0 bridgehead atoms. The molecule has 0 aliphatic carbocycles. The first kappa shape index (κ1) is 17.6. The van der Waals surface area contributed by atoms with Gasteiger partial charge in [0.15, 0.2) is 0 Å². The number of hydrogen-bond donors (Lipinski definition) is 0. The highest BCUT2D eigenvalue weighted by Crippen LogP contribution is 2.24. The second kappa shape index (κ2) is 8.73. The summed E-state index contributed by atoms with van der Waals surface area (Å²) in [4.78, 5) is 14.3. The lowest BCUT2D eigenvalue weighted by molar-refractivity contribution is -0.118. The van der Waals surface area contributed by atoms with Gasteiger partial charge in [0, 0.05) is 18.7 Å². The summed E-state index contributed by atoms with van der Waals surface area (Å²) in [6.07, 6.45) is 0.160. The van der Waals surface area contributed by atoms with Crippen LogP contribution in [0.25, 0.3) is 0 Å². The first-order chi connectivity index (χ1) is 11.7. The fourth-order valence-corrected chi connectivity index (χ4v) is 2.60. The minimum absolute atomic E-state index is 0.0517. The van der Waals surface area contributed by atoms with Gasteiger partial charge in [-0.1, -0.05) is 30.3 Å². The minimum atomic E-state index is -0.467. The van der Waals surface area contributed by atoms with Gasteiger partial charge in [-0.3, -0.25) is 4.79 Å². The molecule has 4 heteroatoms. The molecule has 0 spiro atoms. The first-order valence-electron chi connectivity index (χ1n) is 8.17. The van der Waals surface area contributed by atoms with Gasteiger partial charge in [0.2, 0.25) is 5.91 Å². The molecule has 1 unspecified atom stereocenters. The van der Waals surface area contributed by atoms with Gasteiger partial charge in [-0.15, -0.1) is 0 Å². The number of anilines is 1. The summed E-state index contributed by atoms with van der Waals surface area (Å²) in [5, 5.41) is 9.47. The fraction of sp³-hybridized carbons (Fsp3) is 0.300. The highest BCUT2D eigenvalue weighted by molar-refractivity contribution is 5.94. The third-order valence-corrected chi connectivity index (χ3v) is 3.81. The highest BCUT2D eigenvalue weighted by atomic mass is 16.5. The lowest BCUT2D eigenvalue weighted by Gasteiger charge is -2.22. The molecule has 2 aromatic rings. The Bertz CT molecular complexity index is 690. The Morgan fingerprint density at radius 3 is 2.33 bits per heavy atom. The minimum Gasteiger partial charge on any atom is -0.494 e. The van der Waals surface area contributed by atoms with Gasteiger partial charge in [-0.25, -0.2) is 0 Å². The van der Waals surface area contributed by atoms with Crippen LogP contribution < -0.4 is 9.64 Å². The highest BCUT2D eigenvalue weighted by Gasteiger charge is 2.20. The van der Waals surface area contributed by atoms with Crippen molar-refractivity contribution in [2.45, 2.75) is 26.2 Å². The van der Waals surface area contributed by atoms with Gasteiger partial charge in [0.1, 0.15) is 5.75 Å². The van der Waals surface area contributed by atoms with Crippen LogP contribution in [0.1, 0.15) is 31.7 Å². The van der Waals surface area contributed by atoms with Crippen LogP contribution in [0.2, 0.25) is 0 Å². The van der Waals surface area contributed by atoms with E-state index in [1.54, 1.807) is 4.90 Å². The van der Waals surface area contributed by atoms with E-state index in [1.165, 1.54) is 0 Å². The van der Waals surface area contributed by atoms with Crippen LogP contribution in [0.4, 0.5) is 5.69 Å². The molecule has 0 aliphatic rings. The second-order valence-corrected chi connectivity index (χ2v) is 5.36. The van der Waals surface area contributed by atoms with Crippen LogP contribution in [-0.4, -0.2) is 19.1 Å². The molecule has 0 aromatic heterocycles. The molecule has 1 atom stereocenters. The molecule has 0 saturated heterocycles. The van der Waals surface area contributed by atoms with Crippen LogP contribution >= 0.6 is 0 Å². The van der Waals surface area contributed by atoms with Crippen molar-refractivity contribution in [3.63, 3.8) is 0 Å². The largest absolute Gasteiger partial charge is 0.494 e. The first-order valence-corrected chi connectivity index (χ1v) is 8.17. The molecule has 124 valence electrons. The maximum absolute atomic E-state index is 12.6. The van der Waals surface area contributed by atoms with E-state index < -0.39 is 5.92 Å². The molecule has 0 fully saturated rings. The quantitative estimate of drug-likeness (QED) is 0.770. The zero-order valence-electron chi connectivity index (χ0n) is 14.1. The van der Waals surface area contributed by atoms with Gasteiger partial charge >= 0.3 is 0 Å². The molecule has 0 aliphatic heterocycles. The van der Waals surface area contributed by atoms with E-state index in [2.05, 4.69) is 6.07 Å². The van der Waals surface area contributed by atoms with E-state index in [9.17, 15) is 10.1 Å². The van der Waals surface area contributed by atoms with Gasteiger partial charge in [-0.05, 0) is 43.7 Å². The zero-order valence-corrected chi connectivity index (χ0v) is 14.1. The van der Waals surface area contributed by atoms with Crippen LogP contribution in [0.15, 0.2) is 54.6 Å². The number of benzene rings is 2. The van der Waals surface area contributed by atoms with Gasteiger partial charge in [0.05, 0.1) is 18.6 Å². The molecule has 4 nitrogen and oxygen atoms in total. The summed E-state index contributed by atoms with van der Waals surface area (Å²) >= 11 is 0. The number of amides is 1. The summed E-state index contributed by atoms with van der Waals surface area (Å²) in [6.45, 7) is 5.03. The summed E-state index contributed by atoms with van der Waals surface area (Å²) in [6, 6.07) is 19.1. The number of hydrogen-bond acceptors (Lipinski definition) is 3. The topological polar surface area (TPSA) is 53.3 Å². The van der Waals surface area contributed by atoms with Crippen molar-refractivity contribution in [2.75, 3.05) is 18.1 Å². The van der Waals surface area contributed by atoms with Gasteiger partial charge in [0.25, 0.3) is 0 Å². The molecule has 24 heavy (non-hydrogen) atoms. The SMILES string of the molecule is CCOc1ccc(C(C#N)CC(=O)N(CC)c2ccccc2)cc1. The monoisotopic (exact) mass is 322 g/mol.